The lowest BCUT2D eigenvalue weighted by molar-refractivity contribution is -0.137. The van der Waals surface area contributed by atoms with Gasteiger partial charge in [-0.3, -0.25) is 9.48 Å². The number of carbonyl (C=O) groups is 2. The Hall–Kier alpha value is -2.05. The zero-order valence-electron chi connectivity index (χ0n) is 12.5. The smallest absolute Gasteiger partial charge is 0.323 e. The maximum atomic E-state index is 12.1. The van der Waals surface area contributed by atoms with Crippen molar-refractivity contribution >= 4 is 12.0 Å². The Balaban J connectivity index is 1.92. The molecule has 2 N–H and O–H groups in total. The number of nitrogens with zero attached hydrogens (tertiary/aromatic N) is 3. The van der Waals surface area contributed by atoms with Crippen molar-refractivity contribution in [2.75, 3.05) is 13.1 Å². The van der Waals surface area contributed by atoms with Crippen LogP contribution in [0, 0.1) is 5.92 Å². The fourth-order valence-electron chi connectivity index (χ4n) is 2.31. The maximum absolute atomic E-state index is 12.1. The second kappa shape index (κ2) is 6.60. The highest BCUT2D eigenvalue weighted by molar-refractivity contribution is 5.80. The van der Waals surface area contributed by atoms with Crippen LogP contribution in [0.3, 0.4) is 0 Å². The van der Waals surface area contributed by atoms with Crippen LogP contribution in [-0.2, 0) is 24.8 Å². The van der Waals surface area contributed by atoms with E-state index in [0.29, 0.717) is 19.0 Å². The van der Waals surface area contributed by atoms with E-state index in [0.717, 1.165) is 30.5 Å². The number of nitrogens with one attached hydrogen (secondary N) is 1. The van der Waals surface area contributed by atoms with E-state index in [4.69, 9.17) is 5.11 Å². The molecule has 1 fully saturated rings. The number of amides is 2. The molecule has 1 aliphatic rings. The molecule has 2 amide bonds. The zero-order valence-corrected chi connectivity index (χ0v) is 12.5. The Morgan fingerprint density at radius 2 is 2.24 bits per heavy atom. The summed E-state index contributed by atoms with van der Waals surface area (Å²) in [5.41, 5.74) is 1.92. The summed E-state index contributed by atoms with van der Waals surface area (Å²) in [6.45, 7) is 2.65. The molecule has 0 aromatic carbocycles. The van der Waals surface area contributed by atoms with Gasteiger partial charge in [0.2, 0.25) is 0 Å². The fraction of sp³-hybridized carbons (Fsp3) is 0.643. The molecule has 0 radical (unpaired) electrons. The number of rotatable bonds is 7. The Kier molecular flexibility index (Phi) is 4.82. The SMILES string of the molecule is CCc1nn(C)cc1CNC(=O)N(CC(=O)O)CC1CC1. The summed E-state index contributed by atoms with van der Waals surface area (Å²) in [7, 11) is 1.84. The highest BCUT2D eigenvalue weighted by Gasteiger charge is 2.27. The van der Waals surface area contributed by atoms with E-state index >= 15 is 0 Å². The third-order valence-electron chi connectivity index (χ3n) is 3.55. The molecular weight excluding hydrogens is 272 g/mol. The van der Waals surface area contributed by atoms with Crippen LogP contribution in [-0.4, -0.2) is 44.9 Å². The lowest BCUT2D eigenvalue weighted by Gasteiger charge is -2.21. The summed E-state index contributed by atoms with van der Waals surface area (Å²) < 4.78 is 1.72. The van der Waals surface area contributed by atoms with Crippen LogP contribution < -0.4 is 5.32 Å². The Morgan fingerprint density at radius 3 is 2.81 bits per heavy atom. The molecule has 0 saturated heterocycles. The number of hydrogen-bond donors (Lipinski definition) is 2. The molecule has 1 aromatic rings. The predicted molar refractivity (Wildman–Crippen MR) is 76.8 cm³/mol. The third-order valence-corrected chi connectivity index (χ3v) is 3.55. The average Bonchev–Trinajstić information content (AvgIpc) is 3.16. The number of hydrogen-bond acceptors (Lipinski definition) is 3. The van der Waals surface area contributed by atoms with Gasteiger partial charge in [-0.15, -0.1) is 0 Å². The summed E-state index contributed by atoms with van der Waals surface area (Å²) >= 11 is 0. The molecule has 1 aliphatic carbocycles. The van der Waals surface area contributed by atoms with Gasteiger partial charge in [-0.2, -0.15) is 5.10 Å². The number of aryl methyl sites for hydroxylation is 2. The Morgan fingerprint density at radius 1 is 1.52 bits per heavy atom. The van der Waals surface area contributed by atoms with E-state index in [1.807, 2.05) is 20.2 Å². The van der Waals surface area contributed by atoms with Crippen LogP contribution >= 0.6 is 0 Å². The lowest BCUT2D eigenvalue weighted by atomic mass is 10.2. The van der Waals surface area contributed by atoms with Gasteiger partial charge < -0.3 is 15.3 Å². The first-order valence-electron chi connectivity index (χ1n) is 7.25. The van der Waals surface area contributed by atoms with Gasteiger partial charge in [0.25, 0.3) is 0 Å². The number of aromatic nitrogens is 2. The molecular formula is C14H22N4O3. The first-order valence-corrected chi connectivity index (χ1v) is 7.25. The van der Waals surface area contributed by atoms with Crippen LogP contribution in [0.15, 0.2) is 6.20 Å². The van der Waals surface area contributed by atoms with Gasteiger partial charge in [0.1, 0.15) is 6.54 Å². The molecule has 116 valence electrons. The molecule has 0 atom stereocenters. The van der Waals surface area contributed by atoms with E-state index < -0.39 is 5.97 Å². The van der Waals surface area contributed by atoms with Crippen molar-refractivity contribution in [3.8, 4) is 0 Å². The van der Waals surface area contributed by atoms with E-state index in [1.165, 1.54) is 4.90 Å². The lowest BCUT2D eigenvalue weighted by Crippen LogP contribution is -2.43. The van der Waals surface area contributed by atoms with Crippen molar-refractivity contribution in [1.82, 2.24) is 20.0 Å². The van der Waals surface area contributed by atoms with Gasteiger partial charge in [0.15, 0.2) is 0 Å². The summed E-state index contributed by atoms with van der Waals surface area (Å²) in [6, 6.07) is -0.324. The fourth-order valence-corrected chi connectivity index (χ4v) is 2.31. The molecule has 0 spiro atoms. The minimum atomic E-state index is -0.985. The minimum absolute atomic E-state index is 0.254. The van der Waals surface area contributed by atoms with E-state index in [2.05, 4.69) is 10.4 Å². The quantitative estimate of drug-likeness (QED) is 0.785. The zero-order chi connectivity index (χ0) is 15.4. The Bertz CT molecular complexity index is 522. The van der Waals surface area contributed by atoms with E-state index in [9.17, 15) is 9.59 Å². The van der Waals surface area contributed by atoms with Crippen LogP contribution in [0.25, 0.3) is 0 Å². The van der Waals surface area contributed by atoms with Crippen molar-refractivity contribution in [3.05, 3.63) is 17.5 Å². The molecule has 0 unspecified atom stereocenters. The van der Waals surface area contributed by atoms with Crippen molar-refractivity contribution in [2.24, 2.45) is 13.0 Å². The highest BCUT2D eigenvalue weighted by Crippen LogP contribution is 2.29. The van der Waals surface area contributed by atoms with Gasteiger partial charge in [0, 0.05) is 31.9 Å². The number of urea groups is 1. The monoisotopic (exact) mass is 294 g/mol. The van der Waals surface area contributed by atoms with Gasteiger partial charge in [0.05, 0.1) is 5.69 Å². The summed E-state index contributed by atoms with van der Waals surface area (Å²) in [5, 5.41) is 16.0. The van der Waals surface area contributed by atoms with Gasteiger partial charge in [-0.1, -0.05) is 6.92 Å². The minimum Gasteiger partial charge on any atom is -0.480 e. The normalized spacial score (nSPS) is 14.0. The average molecular weight is 294 g/mol. The van der Waals surface area contributed by atoms with Gasteiger partial charge in [-0.05, 0) is 25.2 Å². The van der Waals surface area contributed by atoms with Crippen molar-refractivity contribution in [1.29, 1.82) is 0 Å². The number of carboxylic acids is 1. The molecule has 1 aromatic heterocycles. The number of carbonyl (C=O) groups excluding carboxylic acids is 1. The van der Waals surface area contributed by atoms with Crippen molar-refractivity contribution in [3.63, 3.8) is 0 Å². The molecule has 7 nitrogen and oxygen atoms in total. The predicted octanol–water partition coefficient (Wildman–Crippen LogP) is 0.989. The van der Waals surface area contributed by atoms with Crippen molar-refractivity contribution < 1.29 is 14.7 Å². The third kappa shape index (κ3) is 4.47. The van der Waals surface area contributed by atoms with Crippen LogP contribution in [0.2, 0.25) is 0 Å². The topological polar surface area (TPSA) is 87.5 Å². The summed E-state index contributed by atoms with van der Waals surface area (Å²) in [6.07, 6.45) is 4.83. The molecule has 1 heterocycles. The second-order valence-corrected chi connectivity index (χ2v) is 5.50. The molecule has 1 saturated carbocycles. The summed E-state index contributed by atoms with van der Waals surface area (Å²) in [5.74, 6) is -0.527. The first kappa shape index (κ1) is 15.3. The number of aliphatic carboxylic acids is 1. The van der Waals surface area contributed by atoms with Crippen LogP contribution in [0.4, 0.5) is 4.79 Å². The summed E-state index contributed by atoms with van der Waals surface area (Å²) in [4.78, 5) is 24.4. The Labute approximate surface area is 123 Å². The molecule has 0 aliphatic heterocycles. The standard InChI is InChI=1S/C14H22N4O3/c1-3-12-11(8-17(2)16-12)6-15-14(21)18(9-13(19)20)7-10-4-5-10/h8,10H,3-7,9H2,1-2H3,(H,15,21)(H,19,20). The van der Waals surface area contributed by atoms with E-state index in [-0.39, 0.29) is 12.6 Å². The first-order chi connectivity index (χ1) is 9.99. The van der Waals surface area contributed by atoms with Crippen LogP contribution in [0.5, 0.6) is 0 Å². The number of carboxylic acid groups (broad SMARTS) is 1. The van der Waals surface area contributed by atoms with Gasteiger partial charge >= 0.3 is 12.0 Å². The molecule has 0 bridgehead atoms. The highest BCUT2D eigenvalue weighted by atomic mass is 16.4. The molecule has 21 heavy (non-hydrogen) atoms. The van der Waals surface area contributed by atoms with Crippen molar-refractivity contribution in [2.45, 2.75) is 32.7 Å². The largest absolute Gasteiger partial charge is 0.480 e. The van der Waals surface area contributed by atoms with Crippen LogP contribution in [0.1, 0.15) is 31.0 Å². The molecule has 2 rings (SSSR count). The molecule has 7 heteroatoms. The maximum Gasteiger partial charge on any atom is 0.323 e. The van der Waals surface area contributed by atoms with E-state index in [1.54, 1.807) is 4.68 Å². The van der Waals surface area contributed by atoms with Gasteiger partial charge in [-0.25, -0.2) is 4.79 Å². The second-order valence-electron chi connectivity index (χ2n) is 5.50.